The van der Waals surface area contributed by atoms with Crippen molar-refractivity contribution in [1.82, 2.24) is 9.80 Å². The van der Waals surface area contributed by atoms with Crippen LogP contribution in [0.25, 0.3) is 11.1 Å². The summed E-state index contributed by atoms with van der Waals surface area (Å²) in [6.45, 7) is 2.25. The molecule has 0 aromatic heterocycles. The lowest BCUT2D eigenvalue weighted by molar-refractivity contribution is -0.118. The van der Waals surface area contributed by atoms with Crippen molar-refractivity contribution in [2.45, 2.75) is 6.04 Å². The van der Waals surface area contributed by atoms with Gasteiger partial charge in [-0.25, -0.2) is 0 Å². The highest BCUT2D eigenvalue weighted by molar-refractivity contribution is 6.30. The van der Waals surface area contributed by atoms with Gasteiger partial charge in [-0.05, 0) is 41.5 Å². The van der Waals surface area contributed by atoms with Crippen LogP contribution in [0.4, 0.5) is 5.69 Å². The molecule has 0 aliphatic carbocycles. The summed E-state index contributed by atoms with van der Waals surface area (Å²) in [5.41, 5.74) is 3.31. The normalized spacial score (nSPS) is 18.6. The molecule has 33 heavy (non-hydrogen) atoms. The van der Waals surface area contributed by atoms with E-state index in [4.69, 9.17) is 16.3 Å². The number of benzene rings is 3. The molecular weight excluding hydrogens is 438 g/mol. The predicted octanol–water partition coefficient (Wildman–Crippen LogP) is 4.16. The van der Waals surface area contributed by atoms with E-state index >= 15 is 0 Å². The van der Waals surface area contributed by atoms with Gasteiger partial charge in [0.15, 0.2) is 0 Å². The third kappa shape index (κ3) is 4.72. The van der Waals surface area contributed by atoms with E-state index in [0.29, 0.717) is 48.3 Å². The fourth-order valence-electron chi connectivity index (χ4n) is 4.37. The highest BCUT2D eigenvalue weighted by atomic mass is 35.5. The van der Waals surface area contributed by atoms with Crippen LogP contribution in [0.3, 0.4) is 0 Å². The monoisotopic (exact) mass is 461 g/mol. The Morgan fingerprint density at radius 2 is 1.82 bits per heavy atom. The van der Waals surface area contributed by atoms with Crippen LogP contribution >= 0.6 is 11.6 Å². The fraction of sp³-hybridized carbons (Fsp3) is 0.231. The minimum atomic E-state index is -0.0911. The number of piperazine rings is 1. The number of carbonyl (C=O) groups excluding carboxylic acids is 2. The van der Waals surface area contributed by atoms with Gasteiger partial charge in [-0.3, -0.25) is 14.5 Å². The smallest absolute Gasteiger partial charge is 0.254 e. The van der Waals surface area contributed by atoms with Gasteiger partial charge in [-0.15, -0.1) is 0 Å². The zero-order valence-electron chi connectivity index (χ0n) is 18.0. The molecule has 0 spiro atoms. The molecule has 0 unspecified atom stereocenters. The first-order valence-corrected chi connectivity index (χ1v) is 11.4. The summed E-state index contributed by atoms with van der Waals surface area (Å²) in [6, 6.07) is 22.7. The van der Waals surface area contributed by atoms with Gasteiger partial charge in [0.2, 0.25) is 5.91 Å². The summed E-state index contributed by atoms with van der Waals surface area (Å²) in [4.78, 5) is 29.7. The summed E-state index contributed by atoms with van der Waals surface area (Å²) in [5.74, 6) is 0.476. The van der Waals surface area contributed by atoms with Gasteiger partial charge in [0, 0.05) is 30.2 Å². The van der Waals surface area contributed by atoms with Crippen molar-refractivity contribution in [3.63, 3.8) is 0 Å². The summed E-state index contributed by atoms with van der Waals surface area (Å²) in [7, 11) is 0. The van der Waals surface area contributed by atoms with Gasteiger partial charge in [0.1, 0.15) is 12.4 Å². The number of carbonyl (C=O) groups is 2. The van der Waals surface area contributed by atoms with Crippen molar-refractivity contribution in [3.05, 3.63) is 83.4 Å². The Labute approximate surface area is 197 Å². The largest absolute Gasteiger partial charge is 0.490 e. The van der Waals surface area contributed by atoms with E-state index < -0.39 is 0 Å². The third-order valence-electron chi connectivity index (χ3n) is 6.10. The average Bonchev–Trinajstić information content (AvgIpc) is 2.90. The van der Waals surface area contributed by atoms with E-state index in [1.165, 1.54) is 0 Å². The Hall–Kier alpha value is -3.35. The summed E-state index contributed by atoms with van der Waals surface area (Å²) in [5, 5.41) is 3.55. The highest BCUT2D eigenvalue weighted by Gasteiger charge is 2.33. The predicted molar refractivity (Wildman–Crippen MR) is 129 cm³/mol. The zero-order chi connectivity index (χ0) is 22.8. The molecule has 3 aromatic carbocycles. The van der Waals surface area contributed by atoms with Crippen molar-refractivity contribution in [3.8, 4) is 16.9 Å². The maximum absolute atomic E-state index is 13.0. The lowest BCUT2D eigenvalue weighted by Crippen LogP contribution is -2.57. The third-order valence-corrected chi connectivity index (χ3v) is 6.34. The molecule has 1 saturated heterocycles. The van der Waals surface area contributed by atoms with E-state index in [0.717, 1.165) is 11.1 Å². The standard InChI is InChI=1S/C26H24ClN3O3/c27-21-8-4-7-20(13-21)26(32)30-12-11-29-16-25(31)28-23-14-19(18-5-2-1-3-6-18)9-10-24(23)33-17-22(29)15-30/h1-10,13-14,22H,11-12,15-17H2,(H,28,31)/t22-/m0/s1. The number of rotatable bonds is 2. The van der Waals surface area contributed by atoms with Crippen LogP contribution in [0.2, 0.25) is 5.02 Å². The van der Waals surface area contributed by atoms with Crippen LogP contribution in [-0.4, -0.2) is 60.4 Å². The Kier molecular flexibility index (Phi) is 6.03. The number of nitrogens with one attached hydrogen (secondary N) is 1. The molecule has 0 saturated carbocycles. The molecule has 2 aliphatic rings. The number of nitrogens with zero attached hydrogens (tertiary/aromatic N) is 2. The lowest BCUT2D eigenvalue weighted by atomic mass is 10.0. The van der Waals surface area contributed by atoms with E-state index in [2.05, 4.69) is 10.2 Å². The van der Waals surface area contributed by atoms with Crippen molar-refractivity contribution in [1.29, 1.82) is 0 Å². The lowest BCUT2D eigenvalue weighted by Gasteiger charge is -2.40. The average molecular weight is 462 g/mol. The van der Waals surface area contributed by atoms with Crippen LogP contribution < -0.4 is 10.1 Å². The zero-order valence-corrected chi connectivity index (χ0v) is 18.8. The number of amides is 2. The molecule has 5 rings (SSSR count). The van der Waals surface area contributed by atoms with Crippen LogP contribution in [0.15, 0.2) is 72.8 Å². The van der Waals surface area contributed by atoms with Crippen LogP contribution in [0.5, 0.6) is 5.75 Å². The second-order valence-corrected chi connectivity index (χ2v) is 8.76. The van der Waals surface area contributed by atoms with Crippen LogP contribution in [-0.2, 0) is 4.79 Å². The molecule has 2 heterocycles. The van der Waals surface area contributed by atoms with Crippen molar-refractivity contribution in [2.24, 2.45) is 0 Å². The van der Waals surface area contributed by atoms with Crippen molar-refractivity contribution in [2.75, 3.05) is 38.1 Å². The first kappa shape index (κ1) is 21.5. The van der Waals surface area contributed by atoms with Gasteiger partial charge in [-0.1, -0.05) is 54.1 Å². The van der Waals surface area contributed by atoms with Gasteiger partial charge in [-0.2, -0.15) is 0 Å². The van der Waals surface area contributed by atoms with Crippen LogP contribution in [0.1, 0.15) is 10.4 Å². The number of anilines is 1. The molecule has 0 bridgehead atoms. The van der Waals surface area contributed by atoms with Gasteiger partial charge < -0.3 is 15.0 Å². The molecular formula is C26H24ClN3O3. The summed E-state index contributed by atoms with van der Waals surface area (Å²) < 4.78 is 6.15. The Morgan fingerprint density at radius 1 is 0.970 bits per heavy atom. The topological polar surface area (TPSA) is 61.9 Å². The SMILES string of the molecule is O=C1CN2CCN(C(=O)c3cccc(Cl)c3)C[C@H]2COc2ccc(-c3ccccc3)cc2N1. The second kappa shape index (κ2) is 9.25. The maximum atomic E-state index is 13.0. The Bertz CT molecular complexity index is 1180. The fourth-order valence-corrected chi connectivity index (χ4v) is 4.56. The first-order chi connectivity index (χ1) is 16.1. The maximum Gasteiger partial charge on any atom is 0.254 e. The van der Waals surface area contributed by atoms with Gasteiger partial charge in [0.25, 0.3) is 5.91 Å². The van der Waals surface area contributed by atoms with Crippen LogP contribution in [0, 0.1) is 0 Å². The number of halogens is 1. The molecule has 2 amide bonds. The molecule has 168 valence electrons. The molecule has 0 radical (unpaired) electrons. The molecule has 7 heteroatoms. The number of ether oxygens (including phenoxy) is 1. The number of hydrogen-bond donors (Lipinski definition) is 1. The first-order valence-electron chi connectivity index (χ1n) is 11.0. The van der Waals surface area contributed by atoms with Crippen molar-refractivity contribution < 1.29 is 14.3 Å². The van der Waals surface area contributed by atoms with E-state index in [1.54, 1.807) is 24.3 Å². The molecule has 1 N–H and O–H groups in total. The van der Waals surface area contributed by atoms with Crippen molar-refractivity contribution >= 4 is 29.1 Å². The van der Waals surface area contributed by atoms with E-state index in [9.17, 15) is 9.59 Å². The summed E-state index contributed by atoms with van der Waals surface area (Å²) >= 11 is 6.07. The second-order valence-electron chi connectivity index (χ2n) is 8.32. The highest BCUT2D eigenvalue weighted by Crippen LogP contribution is 2.32. The quantitative estimate of drug-likeness (QED) is 0.622. The number of fused-ring (bicyclic) bond motifs is 2. The Morgan fingerprint density at radius 3 is 2.64 bits per heavy atom. The molecule has 1 fully saturated rings. The molecule has 3 aromatic rings. The van der Waals surface area contributed by atoms with Gasteiger partial charge >= 0.3 is 0 Å². The molecule has 6 nitrogen and oxygen atoms in total. The molecule has 1 atom stereocenters. The summed E-state index contributed by atoms with van der Waals surface area (Å²) in [6.07, 6.45) is 0. The van der Waals surface area contributed by atoms with E-state index in [1.807, 2.05) is 53.4 Å². The van der Waals surface area contributed by atoms with Gasteiger partial charge in [0.05, 0.1) is 18.3 Å². The number of hydrogen-bond acceptors (Lipinski definition) is 4. The minimum Gasteiger partial charge on any atom is -0.490 e. The molecule has 2 aliphatic heterocycles. The van der Waals surface area contributed by atoms with E-state index in [-0.39, 0.29) is 24.4 Å². The Balaban J connectivity index is 1.35. The minimum absolute atomic E-state index is 0.0608.